The fourth-order valence-electron chi connectivity index (χ4n) is 1.35. The van der Waals surface area contributed by atoms with Crippen molar-refractivity contribution in [3.63, 3.8) is 0 Å². The van der Waals surface area contributed by atoms with Crippen molar-refractivity contribution in [2.24, 2.45) is 0 Å². The third-order valence-electron chi connectivity index (χ3n) is 1.99. The highest BCUT2D eigenvalue weighted by Crippen LogP contribution is 2.26. The minimum atomic E-state index is -2.06. The van der Waals surface area contributed by atoms with Crippen LogP contribution in [0.2, 0.25) is 39.3 Å². The summed E-state index contributed by atoms with van der Waals surface area (Å²) in [4.78, 5) is 0. The molecular weight excluding hydrogens is 272 g/mol. The van der Waals surface area contributed by atoms with Crippen LogP contribution in [-0.2, 0) is 16.5 Å². The lowest BCUT2D eigenvalue weighted by Gasteiger charge is -2.42. The predicted molar refractivity (Wildman–Crippen MR) is 72.7 cm³/mol. The van der Waals surface area contributed by atoms with Crippen molar-refractivity contribution in [1.29, 1.82) is 0 Å². The molecule has 0 aromatic carbocycles. The largest absolute Gasteiger partial charge is 0.547 e. The summed E-state index contributed by atoms with van der Waals surface area (Å²) in [6.45, 7) is 16.1. The second-order valence-electron chi connectivity index (χ2n) is 5.27. The first kappa shape index (κ1) is 14.5. The molecule has 0 aliphatic carbocycles. The van der Waals surface area contributed by atoms with Gasteiger partial charge in [-0.3, -0.25) is 0 Å². The number of rotatable bonds is 3. The van der Waals surface area contributed by atoms with Gasteiger partial charge >= 0.3 is 26.6 Å². The Kier molecular flexibility index (Phi) is 4.18. The van der Waals surface area contributed by atoms with E-state index >= 15 is 0 Å². The van der Waals surface area contributed by atoms with Crippen LogP contribution in [0.3, 0.4) is 0 Å². The molecule has 1 aliphatic rings. The minimum absolute atomic E-state index is 1.64. The minimum Gasteiger partial charge on any atom is -0.416 e. The summed E-state index contributed by atoms with van der Waals surface area (Å²) in [7, 11) is -7.60. The Morgan fingerprint density at radius 2 is 1.56 bits per heavy atom. The summed E-state index contributed by atoms with van der Waals surface area (Å²) in [5.41, 5.74) is 1.90. The molecule has 8 heteroatoms. The molecule has 0 spiro atoms. The molecule has 1 aliphatic heterocycles. The Morgan fingerprint density at radius 1 is 1.12 bits per heavy atom. The van der Waals surface area contributed by atoms with Crippen LogP contribution in [0.25, 0.3) is 0 Å². The Labute approximate surface area is 103 Å². The first-order valence-corrected chi connectivity index (χ1v) is 15.2. The van der Waals surface area contributed by atoms with Crippen LogP contribution >= 0.6 is 0 Å². The number of hydrogen-bond acceptors (Lipinski definition) is 4. The highest BCUT2D eigenvalue weighted by atomic mass is 28.5. The average Bonchev–Trinajstić information content (AvgIpc) is 1.96. The molecule has 0 N–H and O–H groups in total. The highest BCUT2D eigenvalue weighted by Gasteiger charge is 2.49. The van der Waals surface area contributed by atoms with Crippen molar-refractivity contribution in [2.45, 2.75) is 39.3 Å². The van der Waals surface area contributed by atoms with E-state index in [0.29, 0.717) is 0 Å². The molecule has 1 rings (SSSR count). The molecule has 0 aromatic heterocycles. The van der Waals surface area contributed by atoms with Gasteiger partial charge in [-0.2, -0.15) is 0 Å². The second-order valence-corrected chi connectivity index (χ2v) is 18.2. The van der Waals surface area contributed by atoms with E-state index < -0.39 is 35.0 Å². The summed E-state index contributed by atoms with van der Waals surface area (Å²) in [6, 6.07) is 0. The van der Waals surface area contributed by atoms with Crippen LogP contribution in [-0.4, -0.2) is 35.0 Å². The van der Waals surface area contributed by atoms with Gasteiger partial charge in [0, 0.05) is 0 Å². The monoisotopic (exact) mass is 293 g/mol. The summed E-state index contributed by atoms with van der Waals surface area (Å²) in [5, 5.41) is 0. The van der Waals surface area contributed by atoms with E-state index in [1.807, 2.05) is 31.9 Å². The standard InChI is InChI=1S/C8H21O4Si4/c1-8-14(2,3)9-13-10-15(4,5)12-16(6,7)11-13/h8H,1H2,2-7H3. The van der Waals surface area contributed by atoms with Gasteiger partial charge < -0.3 is 16.5 Å². The second kappa shape index (κ2) is 4.61. The Morgan fingerprint density at radius 3 is 1.94 bits per heavy atom. The first-order valence-electron chi connectivity index (χ1n) is 5.33. The molecule has 0 aromatic rings. The molecule has 0 bridgehead atoms. The molecule has 0 amide bonds. The first-order chi connectivity index (χ1) is 7.05. The molecule has 0 saturated carbocycles. The topological polar surface area (TPSA) is 36.9 Å². The maximum Gasteiger partial charge on any atom is 0.547 e. The van der Waals surface area contributed by atoms with Crippen LogP contribution in [0.1, 0.15) is 0 Å². The lowest BCUT2D eigenvalue weighted by Crippen LogP contribution is -2.62. The van der Waals surface area contributed by atoms with Crippen LogP contribution in [0.4, 0.5) is 0 Å². The molecule has 16 heavy (non-hydrogen) atoms. The third-order valence-corrected chi connectivity index (χ3v) is 14.9. The van der Waals surface area contributed by atoms with Gasteiger partial charge in [0.2, 0.25) is 8.32 Å². The van der Waals surface area contributed by atoms with E-state index in [1.165, 1.54) is 0 Å². The molecule has 0 atom stereocenters. The molecule has 1 fully saturated rings. The van der Waals surface area contributed by atoms with E-state index in [9.17, 15) is 0 Å². The van der Waals surface area contributed by atoms with Crippen LogP contribution < -0.4 is 0 Å². The Bertz CT molecular complexity index is 263. The fourth-order valence-corrected chi connectivity index (χ4v) is 14.1. The van der Waals surface area contributed by atoms with E-state index in [0.717, 1.165) is 0 Å². The van der Waals surface area contributed by atoms with E-state index in [2.05, 4.69) is 19.7 Å². The van der Waals surface area contributed by atoms with Gasteiger partial charge in [-0.1, -0.05) is 5.70 Å². The van der Waals surface area contributed by atoms with Crippen molar-refractivity contribution in [2.75, 3.05) is 0 Å². The van der Waals surface area contributed by atoms with Gasteiger partial charge in [-0.05, 0) is 39.3 Å². The smallest absolute Gasteiger partial charge is 0.416 e. The zero-order valence-corrected chi connectivity index (χ0v) is 14.9. The van der Waals surface area contributed by atoms with Gasteiger partial charge in [-0.15, -0.1) is 6.58 Å². The van der Waals surface area contributed by atoms with Gasteiger partial charge in [0.05, 0.1) is 0 Å². The normalized spacial score (nSPS) is 25.4. The highest BCUT2D eigenvalue weighted by molar-refractivity contribution is 6.89. The molecule has 4 nitrogen and oxygen atoms in total. The van der Waals surface area contributed by atoms with Crippen molar-refractivity contribution in [3.05, 3.63) is 12.3 Å². The van der Waals surface area contributed by atoms with Crippen LogP contribution in [0, 0.1) is 0 Å². The van der Waals surface area contributed by atoms with Crippen molar-refractivity contribution < 1.29 is 16.5 Å². The lowest BCUT2D eigenvalue weighted by molar-refractivity contribution is 0.197. The van der Waals surface area contributed by atoms with E-state index in [-0.39, 0.29) is 0 Å². The van der Waals surface area contributed by atoms with E-state index in [4.69, 9.17) is 16.5 Å². The quantitative estimate of drug-likeness (QED) is 0.749. The fraction of sp³-hybridized carbons (Fsp3) is 0.750. The van der Waals surface area contributed by atoms with Gasteiger partial charge in [0.15, 0.2) is 0 Å². The zero-order valence-electron chi connectivity index (χ0n) is 10.9. The van der Waals surface area contributed by atoms with Gasteiger partial charge in [0.25, 0.3) is 0 Å². The summed E-state index contributed by atoms with van der Waals surface area (Å²) < 4.78 is 23.6. The molecule has 1 radical (unpaired) electrons. The zero-order chi connectivity index (χ0) is 12.6. The number of hydrogen-bond donors (Lipinski definition) is 0. The molecule has 1 saturated heterocycles. The van der Waals surface area contributed by atoms with Crippen LogP contribution in [0.5, 0.6) is 0 Å². The third kappa shape index (κ3) is 4.37. The van der Waals surface area contributed by atoms with Crippen molar-refractivity contribution in [1.82, 2.24) is 0 Å². The average molecular weight is 294 g/mol. The lowest BCUT2D eigenvalue weighted by atomic mass is 11.3. The summed E-state index contributed by atoms with van der Waals surface area (Å²) >= 11 is 0. The molecular formula is C8H21O4Si4. The Balaban J connectivity index is 2.72. The molecule has 0 unspecified atom stereocenters. The maximum absolute atomic E-state index is 5.97. The van der Waals surface area contributed by atoms with Crippen LogP contribution in [0.15, 0.2) is 12.3 Å². The predicted octanol–water partition coefficient (Wildman–Crippen LogP) is 2.39. The Hall–Kier alpha value is 0.448. The van der Waals surface area contributed by atoms with Gasteiger partial charge in [-0.25, -0.2) is 0 Å². The van der Waals surface area contributed by atoms with E-state index in [1.54, 1.807) is 0 Å². The van der Waals surface area contributed by atoms with Crippen molar-refractivity contribution >= 4 is 35.0 Å². The summed E-state index contributed by atoms with van der Waals surface area (Å²) in [6.07, 6.45) is 0. The van der Waals surface area contributed by atoms with Gasteiger partial charge in [0.1, 0.15) is 0 Å². The molecule has 1 heterocycles. The summed E-state index contributed by atoms with van der Waals surface area (Å²) in [5.74, 6) is 0. The van der Waals surface area contributed by atoms with Crippen molar-refractivity contribution in [3.8, 4) is 0 Å². The maximum atomic E-state index is 5.97. The SMILES string of the molecule is C=C[Si](C)(C)O[Si]1O[Si](C)(C)O[Si](C)(C)O1. The molecule has 93 valence electrons.